The van der Waals surface area contributed by atoms with E-state index in [1.54, 1.807) is 11.8 Å². The highest BCUT2D eigenvalue weighted by atomic mass is 32.2. The van der Waals surface area contributed by atoms with E-state index < -0.39 is 0 Å². The van der Waals surface area contributed by atoms with E-state index in [-0.39, 0.29) is 11.4 Å². The lowest BCUT2D eigenvalue weighted by Crippen LogP contribution is -2.13. The highest BCUT2D eigenvalue weighted by Gasteiger charge is 2.44. The third kappa shape index (κ3) is 2.99. The lowest BCUT2D eigenvalue weighted by atomic mass is 10.1. The second kappa shape index (κ2) is 5.22. The van der Waals surface area contributed by atoms with Crippen LogP contribution in [0.3, 0.4) is 0 Å². The summed E-state index contributed by atoms with van der Waals surface area (Å²) in [6.45, 7) is 2.04. The lowest BCUT2D eigenvalue weighted by molar-refractivity contribution is -0.141. The van der Waals surface area contributed by atoms with Gasteiger partial charge in [-0.15, -0.1) is 11.8 Å². The van der Waals surface area contributed by atoms with Crippen molar-refractivity contribution < 1.29 is 9.53 Å². The molecule has 0 radical (unpaired) electrons. The van der Waals surface area contributed by atoms with Crippen molar-refractivity contribution in [3.05, 3.63) is 23.8 Å². The Bertz CT molecular complexity index is 455. The molecule has 1 aliphatic rings. The van der Waals surface area contributed by atoms with Gasteiger partial charge in [-0.2, -0.15) is 0 Å². The topological polar surface area (TPSA) is 52.3 Å². The number of hydrogen-bond acceptors (Lipinski definition) is 4. The van der Waals surface area contributed by atoms with Crippen LogP contribution in [0.2, 0.25) is 0 Å². The number of nitrogen functional groups attached to an aromatic ring is 1. The molecule has 3 nitrogen and oxygen atoms in total. The van der Waals surface area contributed by atoms with Crippen LogP contribution >= 0.6 is 11.8 Å². The molecule has 0 unspecified atom stereocenters. The summed E-state index contributed by atoms with van der Waals surface area (Å²) in [4.78, 5) is 12.6. The summed E-state index contributed by atoms with van der Waals surface area (Å²) >= 11 is 1.80. The summed E-state index contributed by atoms with van der Waals surface area (Å²) in [7, 11) is 1.45. The fourth-order valence-electron chi connectivity index (χ4n) is 1.95. The van der Waals surface area contributed by atoms with Crippen LogP contribution in [0.5, 0.6) is 0 Å². The van der Waals surface area contributed by atoms with Crippen molar-refractivity contribution in [2.45, 2.75) is 31.1 Å². The monoisotopic (exact) mass is 265 g/mol. The Kier molecular flexibility index (Phi) is 3.85. The average molecular weight is 265 g/mol. The number of methoxy groups -OCH3 is 1. The predicted octanol–water partition coefficient (Wildman–Crippen LogP) is 3.01. The number of nitrogens with two attached hydrogens (primary N) is 1. The van der Waals surface area contributed by atoms with Crippen LogP contribution in [-0.4, -0.2) is 18.8 Å². The van der Waals surface area contributed by atoms with Crippen molar-refractivity contribution in [3.63, 3.8) is 0 Å². The Labute approximate surface area is 112 Å². The molecule has 0 amide bonds. The van der Waals surface area contributed by atoms with Gasteiger partial charge in [0.05, 0.1) is 13.5 Å². The van der Waals surface area contributed by atoms with E-state index in [0.29, 0.717) is 6.42 Å². The van der Waals surface area contributed by atoms with Crippen LogP contribution in [0.25, 0.3) is 0 Å². The molecule has 1 fully saturated rings. The molecule has 0 bridgehead atoms. The van der Waals surface area contributed by atoms with Crippen LogP contribution in [0, 0.1) is 12.3 Å². The van der Waals surface area contributed by atoms with Crippen molar-refractivity contribution in [1.29, 1.82) is 0 Å². The molecule has 1 aromatic carbocycles. The minimum Gasteiger partial charge on any atom is -0.469 e. The van der Waals surface area contributed by atoms with Crippen molar-refractivity contribution in [2.75, 3.05) is 18.6 Å². The molecule has 0 aliphatic heterocycles. The highest BCUT2D eigenvalue weighted by molar-refractivity contribution is 7.99. The van der Waals surface area contributed by atoms with Crippen LogP contribution in [0.4, 0.5) is 5.69 Å². The van der Waals surface area contributed by atoms with E-state index in [0.717, 1.165) is 29.8 Å². The molecule has 4 heteroatoms. The Hall–Kier alpha value is -1.16. The normalized spacial score (nSPS) is 16.3. The maximum Gasteiger partial charge on any atom is 0.306 e. The molecule has 2 rings (SSSR count). The number of thioether (sulfide) groups is 1. The van der Waals surface area contributed by atoms with Crippen LogP contribution in [0.15, 0.2) is 23.1 Å². The fourth-order valence-corrected chi connectivity index (χ4v) is 3.31. The van der Waals surface area contributed by atoms with Crippen molar-refractivity contribution in [3.8, 4) is 0 Å². The van der Waals surface area contributed by atoms with Crippen LogP contribution in [-0.2, 0) is 9.53 Å². The molecular weight excluding hydrogens is 246 g/mol. The number of carbonyl (C=O) groups excluding carboxylic acids is 1. The molecule has 1 saturated carbocycles. The Morgan fingerprint density at radius 2 is 2.22 bits per heavy atom. The first kappa shape index (κ1) is 13.3. The van der Waals surface area contributed by atoms with Gasteiger partial charge in [-0.3, -0.25) is 4.79 Å². The Balaban J connectivity index is 1.95. The van der Waals surface area contributed by atoms with Gasteiger partial charge in [-0.05, 0) is 42.9 Å². The zero-order valence-corrected chi connectivity index (χ0v) is 11.7. The molecule has 1 aromatic rings. The van der Waals surface area contributed by atoms with Gasteiger partial charge in [0.15, 0.2) is 0 Å². The third-order valence-corrected chi connectivity index (χ3v) is 5.07. The third-order valence-electron chi connectivity index (χ3n) is 3.56. The summed E-state index contributed by atoms with van der Waals surface area (Å²) in [6.07, 6.45) is 2.78. The van der Waals surface area contributed by atoms with Gasteiger partial charge in [0, 0.05) is 16.3 Å². The van der Waals surface area contributed by atoms with Gasteiger partial charge in [-0.1, -0.05) is 6.07 Å². The van der Waals surface area contributed by atoms with E-state index in [1.807, 2.05) is 19.1 Å². The Morgan fingerprint density at radius 1 is 1.50 bits per heavy atom. The smallest absolute Gasteiger partial charge is 0.306 e. The molecule has 0 atom stereocenters. The van der Waals surface area contributed by atoms with Gasteiger partial charge >= 0.3 is 5.97 Å². The fraction of sp³-hybridized carbons (Fsp3) is 0.500. The second-order valence-corrected chi connectivity index (χ2v) is 6.03. The molecule has 0 saturated heterocycles. The maximum absolute atomic E-state index is 11.3. The second-order valence-electron chi connectivity index (χ2n) is 5.01. The number of anilines is 1. The van der Waals surface area contributed by atoms with E-state index in [1.165, 1.54) is 12.0 Å². The molecule has 0 aromatic heterocycles. The molecule has 98 valence electrons. The zero-order chi connectivity index (χ0) is 13.2. The molecule has 2 N–H and O–H groups in total. The number of esters is 1. The van der Waals surface area contributed by atoms with Gasteiger partial charge in [-0.25, -0.2) is 0 Å². The summed E-state index contributed by atoms with van der Waals surface area (Å²) < 4.78 is 4.75. The van der Waals surface area contributed by atoms with Crippen molar-refractivity contribution in [2.24, 2.45) is 5.41 Å². The summed E-state index contributed by atoms with van der Waals surface area (Å²) in [6, 6.07) is 5.98. The van der Waals surface area contributed by atoms with Crippen LogP contribution in [0.1, 0.15) is 24.8 Å². The van der Waals surface area contributed by atoms with Crippen LogP contribution < -0.4 is 5.73 Å². The largest absolute Gasteiger partial charge is 0.469 e. The molecular formula is C14H19NO2S. The van der Waals surface area contributed by atoms with Gasteiger partial charge in [0.1, 0.15) is 0 Å². The first-order valence-corrected chi connectivity index (χ1v) is 7.10. The lowest BCUT2D eigenvalue weighted by Gasteiger charge is -2.14. The number of carbonyl (C=O) groups is 1. The maximum atomic E-state index is 11.3. The molecule has 18 heavy (non-hydrogen) atoms. The van der Waals surface area contributed by atoms with Gasteiger partial charge in [0.25, 0.3) is 0 Å². The number of benzene rings is 1. The summed E-state index contributed by atoms with van der Waals surface area (Å²) in [5.74, 6) is 0.865. The van der Waals surface area contributed by atoms with E-state index in [9.17, 15) is 4.79 Å². The van der Waals surface area contributed by atoms with Crippen molar-refractivity contribution >= 4 is 23.4 Å². The molecule has 1 aliphatic carbocycles. The zero-order valence-electron chi connectivity index (χ0n) is 10.9. The minimum atomic E-state index is -0.0996. The number of rotatable bonds is 5. The molecule has 0 spiro atoms. The quantitative estimate of drug-likeness (QED) is 0.505. The molecule has 0 heterocycles. The van der Waals surface area contributed by atoms with E-state index in [2.05, 4.69) is 6.07 Å². The number of hydrogen-bond donors (Lipinski definition) is 1. The van der Waals surface area contributed by atoms with E-state index in [4.69, 9.17) is 10.5 Å². The average Bonchev–Trinajstić information content (AvgIpc) is 3.11. The standard InChI is InChI=1S/C14H19NO2S/c1-10-11(15)4-3-5-12(10)18-9-14(6-7-14)8-13(16)17-2/h3-5H,6-9,15H2,1-2H3. The summed E-state index contributed by atoms with van der Waals surface area (Å²) in [5.41, 5.74) is 8.02. The SMILES string of the molecule is COC(=O)CC1(CSc2cccc(N)c2C)CC1. The van der Waals surface area contributed by atoms with Crippen molar-refractivity contribution in [1.82, 2.24) is 0 Å². The predicted molar refractivity (Wildman–Crippen MR) is 74.6 cm³/mol. The highest BCUT2D eigenvalue weighted by Crippen LogP contribution is 2.52. The first-order valence-electron chi connectivity index (χ1n) is 6.11. The Morgan fingerprint density at radius 3 is 2.83 bits per heavy atom. The van der Waals surface area contributed by atoms with Gasteiger partial charge < -0.3 is 10.5 Å². The minimum absolute atomic E-state index is 0.0996. The van der Waals surface area contributed by atoms with Gasteiger partial charge in [0.2, 0.25) is 0 Å². The van der Waals surface area contributed by atoms with E-state index >= 15 is 0 Å². The summed E-state index contributed by atoms with van der Waals surface area (Å²) in [5, 5.41) is 0. The number of ether oxygens (including phenoxy) is 1. The first-order chi connectivity index (χ1) is 8.56.